The van der Waals surface area contributed by atoms with Crippen LogP contribution < -0.4 is 0 Å². The predicted octanol–water partition coefficient (Wildman–Crippen LogP) is 2.56. The molecule has 0 unspecified atom stereocenters. The maximum atomic E-state index is 10.3. The van der Waals surface area contributed by atoms with Crippen molar-refractivity contribution in [3.8, 4) is 0 Å². The molecule has 0 amide bonds. The van der Waals surface area contributed by atoms with Crippen LogP contribution >= 0.6 is 0 Å². The topological polar surface area (TPSA) is 71.1 Å². The third-order valence-electron chi connectivity index (χ3n) is 1.46. The monoisotopic (exact) mass is 312 g/mol. The maximum absolute atomic E-state index is 10.3. The molecule has 0 heterocycles. The van der Waals surface area contributed by atoms with E-state index in [4.69, 9.17) is 0 Å². The summed E-state index contributed by atoms with van der Waals surface area (Å²) in [7, 11) is 0. The van der Waals surface area contributed by atoms with Gasteiger partial charge in [-0.25, -0.2) is 9.59 Å². The van der Waals surface area contributed by atoms with Gasteiger partial charge in [-0.15, -0.1) is 0 Å². The second-order valence-electron chi connectivity index (χ2n) is 3.26. The van der Waals surface area contributed by atoms with Crippen LogP contribution in [-0.4, -0.2) is 25.2 Å². The van der Waals surface area contributed by atoms with Gasteiger partial charge in [0, 0.05) is 34.6 Å². The Kier molecular flexibility index (Phi) is 24.8. The van der Waals surface area contributed by atoms with Crippen LogP contribution in [0.2, 0.25) is 0 Å². The second kappa shape index (κ2) is 19.9. The molecule has 0 rings (SSSR count). The number of carbonyl (C=O) groups excluding carboxylic acids is 2. The first-order valence-corrected chi connectivity index (χ1v) is 6.26. The normalized spacial score (nSPS) is 8.63. The molecule has 0 aromatic heterocycles. The standard InChI is InChI=1S/2C6H12O3.Ti/c2*1-3-5-8-9-6(7)4-2;/h2*3-5H2,1-2H3;. The largest absolute Gasteiger partial charge is 0.342 e. The van der Waals surface area contributed by atoms with E-state index in [0.717, 1.165) is 12.8 Å². The Morgan fingerprint density at radius 2 is 1.05 bits per heavy atom. The van der Waals surface area contributed by atoms with E-state index in [2.05, 4.69) is 19.6 Å². The van der Waals surface area contributed by atoms with Gasteiger partial charge >= 0.3 is 11.9 Å². The van der Waals surface area contributed by atoms with E-state index in [0.29, 0.717) is 26.1 Å². The fourth-order valence-corrected chi connectivity index (χ4v) is 0.499. The zero-order valence-electron chi connectivity index (χ0n) is 12.2. The van der Waals surface area contributed by atoms with E-state index in [9.17, 15) is 9.59 Å². The fraction of sp³-hybridized carbons (Fsp3) is 0.833. The summed E-state index contributed by atoms with van der Waals surface area (Å²) in [5.41, 5.74) is 0. The van der Waals surface area contributed by atoms with Crippen molar-refractivity contribution in [1.82, 2.24) is 0 Å². The molecule has 0 aromatic rings. The van der Waals surface area contributed by atoms with Crippen LogP contribution in [0.5, 0.6) is 0 Å². The van der Waals surface area contributed by atoms with Gasteiger partial charge in [0.25, 0.3) is 0 Å². The van der Waals surface area contributed by atoms with Gasteiger partial charge in [0.2, 0.25) is 0 Å². The minimum atomic E-state index is -0.316. The minimum absolute atomic E-state index is 0. The van der Waals surface area contributed by atoms with E-state index in [1.54, 1.807) is 13.8 Å². The Labute approximate surface area is 129 Å². The average molecular weight is 312 g/mol. The number of hydrogen-bond acceptors (Lipinski definition) is 6. The van der Waals surface area contributed by atoms with Crippen LogP contribution in [0.4, 0.5) is 0 Å². The van der Waals surface area contributed by atoms with E-state index >= 15 is 0 Å². The van der Waals surface area contributed by atoms with Crippen molar-refractivity contribution in [2.24, 2.45) is 0 Å². The predicted molar refractivity (Wildman–Crippen MR) is 65.3 cm³/mol. The Morgan fingerprint density at radius 3 is 1.26 bits per heavy atom. The summed E-state index contributed by atoms with van der Waals surface area (Å²) in [6.07, 6.45) is 2.45. The average Bonchev–Trinajstić information content (AvgIpc) is 2.39. The van der Waals surface area contributed by atoms with Gasteiger partial charge in [0.1, 0.15) is 0 Å². The molecular weight excluding hydrogens is 288 g/mol. The molecule has 0 aliphatic rings. The van der Waals surface area contributed by atoms with Crippen molar-refractivity contribution < 1.29 is 50.9 Å². The van der Waals surface area contributed by atoms with E-state index < -0.39 is 0 Å². The third kappa shape index (κ3) is 23.1. The van der Waals surface area contributed by atoms with Crippen LogP contribution in [0, 0.1) is 0 Å². The molecular formula is C12H24O6Ti. The van der Waals surface area contributed by atoms with Gasteiger partial charge in [0.05, 0.1) is 13.2 Å². The van der Waals surface area contributed by atoms with Crippen LogP contribution in [-0.2, 0) is 50.9 Å². The molecule has 0 aliphatic heterocycles. The van der Waals surface area contributed by atoms with Crippen LogP contribution in [0.3, 0.4) is 0 Å². The second-order valence-corrected chi connectivity index (χ2v) is 3.26. The van der Waals surface area contributed by atoms with Crippen molar-refractivity contribution in [1.29, 1.82) is 0 Å². The molecule has 0 bridgehead atoms. The fourth-order valence-electron chi connectivity index (χ4n) is 0.499. The summed E-state index contributed by atoms with van der Waals surface area (Å²) in [5, 5.41) is 0. The van der Waals surface area contributed by atoms with Gasteiger partial charge in [-0.05, 0) is 12.8 Å². The van der Waals surface area contributed by atoms with Crippen molar-refractivity contribution in [2.45, 2.75) is 53.4 Å². The summed E-state index contributed by atoms with van der Waals surface area (Å²) < 4.78 is 0. The van der Waals surface area contributed by atoms with Gasteiger partial charge in [-0.1, -0.05) is 27.7 Å². The van der Waals surface area contributed by atoms with E-state index in [1.165, 1.54) is 0 Å². The van der Waals surface area contributed by atoms with Crippen molar-refractivity contribution in [2.75, 3.05) is 13.2 Å². The van der Waals surface area contributed by atoms with Gasteiger partial charge in [-0.2, -0.15) is 9.78 Å². The quantitative estimate of drug-likeness (QED) is 0.297. The summed E-state index contributed by atoms with van der Waals surface area (Å²) >= 11 is 0. The Morgan fingerprint density at radius 1 is 0.737 bits per heavy atom. The smallest absolute Gasteiger partial charge is 0.298 e. The molecule has 0 atom stereocenters. The number of hydrogen-bond donors (Lipinski definition) is 0. The molecule has 0 saturated heterocycles. The summed E-state index contributed by atoms with van der Waals surface area (Å²) in [4.78, 5) is 38.2. The Hall–Kier alpha value is -0.426. The molecule has 112 valence electrons. The number of rotatable bonds is 8. The zero-order chi connectivity index (χ0) is 14.2. The molecule has 0 radical (unpaired) electrons. The van der Waals surface area contributed by atoms with Crippen LogP contribution in [0.25, 0.3) is 0 Å². The van der Waals surface area contributed by atoms with Crippen molar-refractivity contribution >= 4 is 11.9 Å². The summed E-state index contributed by atoms with van der Waals surface area (Å²) in [5.74, 6) is -0.632. The third-order valence-corrected chi connectivity index (χ3v) is 1.46. The molecule has 0 saturated carbocycles. The SMILES string of the molecule is CCCOOC(=O)CC.CCCOOC(=O)CC.[Ti]. The first kappa shape index (κ1) is 23.7. The first-order valence-electron chi connectivity index (χ1n) is 6.26. The molecule has 19 heavy (non-hydrogen) atoms. The van der Waals surface area contributed by atoms with Crippen LogP contribution in [0.15, 0.2) is 0 Å². The molecule has 7 heteroatoms. The molecule has 0 aromatic carbocycles. The van der Waals surface area contributed by atoms with Crippen molar-refractivity contribution in [3.05, 3.63) is 0 Å². The number of carbonyl (C=O) groups is 2. The zero-order valence-corrected chi connectivity index (χ0v) is 13.8. The summed E-state index contributed by atoms with van der Waals surface area (Å²) in [6, 6.07) is 0. The summed E-state index contributed by atoms with van der Waals surface area (Å²) in [6.45, 7) is 8.28. The molecule has 0 fully saturated rings. The van der Waals surface area contributed by atoms with Gasteiger partial charge in [0.15, 0.2) is 0 Å². The molecule has 0 aliphatic carbocycles. The van der Waals surface area contributed by atoms with Gasteiger partial charge < -0.3 is 0 Å². The van der Waals surface area contributed by atoms with Crippen LogP contribution in [0.1, 0.15) is 53.4 Å². The molecule has 6 nitrogen and oxygen atoms in total. The molecule has 0 N–H and O–H groups in total. The maximum Gasteiger partial charge on any atom is 0.342 e. The van der Waals surface area contributed by atoms with Gasteiger partial charge in [-0.3, -0.25) is 9.78 Å². The van der Waals surface area contributed by atoms with E-state index in [-0.39, 0.29) is 33.7 Å². The first-order chi connectivity index (χ1) is 8.62. The van der Waals surface area contributed by atoms with E-state index in [1.807, 2.05) is 13.8 Å². The molecule has 0 spiro atoms. The van der Waals surface area contributed by atoms with Crippen molar-refractivity contribution in [3.63, 3.8) is 0 Å². The minimum Gasteiger partial charge on any atom is -0.298 e. The Balaban J connectivity index is -0.000000256. The Bertz CT molecular complexity index is 188.